The molecule has 0 aromatic carbocycles. The van der Waals surface area contributed by atoms with Crippen molar-refractivity contribution in [3.8, 4) is 0 Å². The second kappa shape index (κ2) is 6.90. The molecule has 2 heterocycles. The Morgan fingerprint density at radius 2 is 2.28 bits per heavy atom. The molecule has 1 N–H and O–H groups in total. The fraction of sp³-hybridized carbons (Fsp3) is 0.786. The molecule has 4 heteroatoms. The van der Waals surface area contributed by atoms with Crippen LogP contribution in [0.1, 0.15) is 44.3 Å². The first-order valence-electron chi connectivity index (χ1n) is 7.10. The maximum Gasteiger partial charge on any atom is 0.0550 e. The quantitative estimate of drug-likeness (QED) is 0.843. The van der Waals surface area contributed by atoms with Crippen molar-refractivity contribution in [2.24, 2.45) is 13.0 Å². The highest BCUT2D eigenvalue weighted by molar-refractivity contribution is 5.07. The molecule has 1 aliphatic heterocycles. The number of hydrogen-bond donors (Lipinski definition) is 1. The van der Waals surface area contributed by atoms with Crippen molar-refractivity contribution < 1.29 is 4.74 Å². The number of aryl methyl sites for hydroxylation is 1. The third-order valence-electron chi connectivity index (χ3n) is 3.77. The number of rotatable bonds is 6. The molecule has 1 unspecified atom stereocenters. The summed E-state index contributed by atoms with van der Waals surface area (Å²) in [5.74, 6) is 0.781. The lowest BCUT2D eigenvalue weighted by Gasteiger charge is -2.27. The van der Waals surface area contributed by atoms with E-state index in [0.29, 0.717) is 6.04 Å². The molecule has 1 fully saturated rings. The van der Waals surface area contributed by atoms with Gasteiger partial charge in [-0.25, -0.2) is 0 Å². The van der Waals surface area contributed by atoms with E-state index in [1.165, 1.54) is 31.4 Å². The lowest BCUT2D eigenvalue weighted by atomic mass is 9.91. The molecular formula is C14H25N3O. The van der Waals surface area contributed by atoms with Crippen LogP contribution in [0.5, 0.6) is 0 Å². The van der Waals surface area contributed by atoms with Gasteiger partial charge >= 0.3 is 0 Å². The maximum atomic E-state index is 5.44. The second-order valence-electron chi connectivity index (χ2n) is 5.18. The van der Waals surface area contributed by atoms with E-state index in [1.807, 2.05) is 17.9 Å². The highest BCUT2D eigenvalue weighted by Crippen LogP contribution is 2.27. The van der Waals surface area contributed by atoms with Crippen molar-refractivity contribution >= 4 is 0 Å². The molecule has 0 saturated carbocycles. The summed E-state index contributed by atoms with van der Waals surface area (Å²) in [7, 11) is 2.03. The summed E-state index contributed by atoms with van der Waals surface area (Å²) < 4.78 is 7.43. The van der Waals surface area contributed by atoms with Gasteiger partial charge in [0.1, 0.15) is 0 Å². The van der Waals surface area contributed by atoms with E-state index in [1.54, 1.807) is 0 Å². The molecule has 1 aliphatic rings. The molecule has 102 valence electrons. The lowest BCUT2D eigenvalue weighted by Crippen LogP contribution is -2.28. The Morgan fingerprint density at radius 1 is 1.50 bits per heavy atom. The Morgan fingerprint density at radius 3 is 2.89 bits per heavy atom. The minimum atomic E-state index is 0.431. The van der Waals surface area contributed by atoms with Crippen molar-refractivity contribution in [1.29, 1.82) is 0 Å². The zero-order valence-electron chi connectivity index (χ0n) is 11.6. The van der Waals surface area contributed by atoms with Crippen LogP contribution in [0.3, 0.4) is 0 Å². The smallest absolute Gasteiger partial charge is 0.0550 e. The normalized spacial score (nSPS) is 19.0. The number of nitrogens with zero attached hydrogens (tertiary/aromatic N) is 2. The van der Waals surface area contributed by atoms with Gasteiger partial charge < -0.3 is 10.1 Å². The topological polar surface area (TPSA) is 39.1 Å². The number of nitrogens with one attached hydrogen (secondary N) is 1. The third kappa shape index (κ3) is 3.56. The minimum Gasteiger partial charge on any atom is -0.381 e. The van der Waals surface area contributed by atoms with E-state index in [-0.39, 0.29) is 0 Å². The Kier molecular flexibility index (Phi) is 5.20. The lowest BCUT2D eigenvalue weighted by molar-refractivity contribution is 0.0602. The number of ether oxygens (including phenoxy) is 1. The van der Waals surface area contributed by atoms with Gasteiger partial charge in [0.05, 0.1) is 5.69 Å². The Labute approximate surface area is 110 Å². The van der Waals surface area contributed by atoms with E-state index >= 15 is 0 Å². The van der Waals surface area contributed by atoms with Gasteiger partial charge in [-0.05, 0) is 44.2 Å². The maximum absolute atomic E-state index is 5.44. The largest absolute Gasteiger partial charge is 0.381 e. The van der Waals surface area contributed by atoms with Crippen LogP contribution in [-0.2, 0) is 11.8 Å². The fourth-order valence-corrected chi connectivity index (χ4v) is 2.67. The summed E-state index contributed by atoms with van der Waals surface area (Å²) in [6.45, 7) is 5.13. The van der Waals surface area contributed by atoms with Crippen LogP contribution >= 0.6 is 0 Å². The highest BCUT2D eigenvalue weighted by Gasteiger charge is 2.21. The summed E-state index contributed by atoms with van der Waals surface area (Å²) >= 11 is 0. The zero-order chi connectivity index (χ0) is 12.8. The van der Waals surface area contributed by atoms with Crippen LogP contribution in [-0.4, -0.2) is 29.5 Å². The molecule has 0 spiro atoms. The third-order valence-corrected chi connectivity index (χ3v) is 3.77. The summed E-state index contributed by atoms with van der Waals surface area (Å²) in [5.41, 5.74) is 1.30. The standard InChI is InChI=1S/C14H25N3O/c1-3-7-15-13(14-4-8-16-17(14)2)11-12-5-9-18-10-6-12/h4,8,12-13,15H,3,5-7,9-11H2,1-2H3. The van der Waals surface area contributed by atoms with E-state index in [2.05, 4.69) is 23.4 Å². The highest BCUT2D eigenvalue weighted by atomic mass is 16.5. The van der Waals surface area contributed by atoms with Gasteiger partial charge in [-0.1, -0.05) is 6.92 Å². The van der Waals surface area contributed by atoms with Crippen LogP contribution in [0.2, 0.25) is 0 Å². The molecule has 2 rings (SSSR count). The van der Waals surface area contributed by atoms with Crippen molar-refractivity contribution in [1.82, 2.24) is 15.1 Å². The fourth-order valence-electron chi connectivity index (χ4n) is 2.67. The molecule has 1 saturated heterocycles. The molecule has 1 atom stereocenters. The first-order valence-corrected chi connectivity index (χ1v) is 7.10. The predicted molar refractivity (Wildman–Crippen MR) is 72.4 cm³/mol. The first kappa shape index (κ1) is 13.6. The van der Waals surface area contributed by atoms with Crippen molar-refractivity contribution in [2.75, 3.05) is 19.8 Å². The van der Waals surface area contributed by atoms with Crippen LogP contribution in [0.25, 0.3) is 0 Å². The molecule has 0 amide bonds. The molecular weight excluding hydrogens is 226 g/mol. The van der Waals surface area contributed by atoms with Crippen molar-refractivity contribution in [3.05, 3.63) is 18.0 Å². The molecule has 0 radical (unpaired) electrons. The van der Waals surface area contributed by atoms with Gasteiger partial charge in [0, 0.05) is 32.5 Å². The molecule has 4 nitrogen and oxygen atoms in total. The average Bonchev–Trinajstić information content (AvgIpc) is 2.82. The van der Waals surface area contributed by atoms with E-state index in [4.69, 9.17) is 4.74 Å². The van der Waals surface area contributed by atoms with Crippen LogP contribution < -0.4 is 5.32 Å². The van der Waals surface area contributed by atoms with Gasteiger partial charge in [0.25, 0.3) is 0 Å². The first-order chi connectivity index (χ1) is 8.81. The van der Waals surface area contributed by atoms with Gasteiger partial charge in [0.2, 0.25) is 0 Å². The molecule has 18 heavy (non-hydrogen) atoms. The summed E-state index contributed by atoms with van der Waals surface area (Å²) in [6, 6.07) is 2.56. The summed E-state index contributed by atoms with van der Waals surface area (Å²) in [5, 5.41) is 7.95. The van der Waals surface area contributed by atoms with E-state index < -0.39 is 0 Å². The Balaban J connectivity index is 1.98. The van der Waals surface area contributed by atoms with E-state index in [0.717, 1.165) is 25.7 Å². The summed E-state index contributed by atoms with van der Waals surface area (Å²) in [4.78, 5) is 0. The Bertz CT molecular complexity index is 345. The van der Waals surface area contributed by atoms with Gasteiger partial charge in [-0.15, -0.1) is 0 Å². The van der Waals surface area contributed by atoms with Crippen molar-refractivity contribution in [2.45, 2.75) is 38.6 Å². The zero-order valence-corrected chi connectivity index (χ0v) is 11.6. The average molecular weight is 251 g/mol. The van der Waals surface area contributed by atoms with Gasteiger partial charge in [-0.3, -0.25) is 4.68 Å². The SMILES string of the molecule is CCCNC(CC1CCOCC1)c1ccnn1C. The molecule has 1 aromatic heterocycles. The second-order valence-corrected chi connectivity index (χ2v) is 5.18. The van der Waals surface area contributed by atoms with Crippen LogP contribution in [0.4, 0.5) is 0 Å². The van der Waals surface area contributed by atoms with Crippen LogP contribution in [0, 0.1) is 5.92 Å². The predicted octanol–water partition coefficient (Wildman–Crippen LogP) is 2.28. The van der Waals surface area contributed by atoms with E-state index in [9.17, 15) is 0 Å². The monoisotopic (exact) mass is 251 g/mol. The number of aromatic nitrogens is 2. The Hall–Kier alpha value is -0.870. The van der Waals surface area contributed by atoms with Gasteiger partial charge in [-0.2, -0.15) is 5.10 Å². The molecule has 0 aliphatic carbocycles. The molecule has 1 aromatic rings. The molecule has 0 bridgehead atoms. The minimum absolute atomic E-state index is 0.431. The van der Waals surface area contributed by atoms with Gasteiger partial charge in [0.15, 0.2) is 0 Å². The summed E-state index contributed by atoms with van der Waals surface area (Å²) in [6.07, 6.45) is 6.65. The van der Waals surface area contributed by atoms with Crippen LogP contribution in [0.15, 0.2) is 12.3 Å². The van der Waals surface area contributed by atoms with Crippen molar-refractivity contribution in [3.63, 3.8) is 0 Å². The number of hydrogen-bond acceptors (Lipinski definition) is 3.